The number of benzene rings is 1. The number of rotatable bonds is 0. The first kappa shape index (κ1) is 8.00. The van der Waals surface area contributed by atoms with E-state index in [4.69, 9.17) is 0 Å². The van der Waals surface area contributed by atoms with Crippen LogP contribution in [0.4, 0.5) is 0 Å². The van der Waals surface area contributed by atoms with Crippen LogP contribution in [0.2, 0.25) is 0 Å². The quantitative estimate of drug-likeness (QED) is 0.490. The summed E-state index contributed by atoms with van der Waals surface area (Å²) in [6.45, 7) is 0. The fourth-order valence-electron chi connectivity index (χ4n) is 0.512. The van der Waals surface area contributed by atoms with E-state index in [0.29, 0.717) is 0 Å². The van der Waals surface area contributed by atoms with E-state index in [-0.39, 0.29) is 0 Å². The van der Waals surface area contributed by atoms with Gasteiger partial charge in [0.15, 0.2) is 0 Å². The third kappa shape index (κ3) is 2.19. The van der Waals surface area contributed by atoms with Crippen LogP contribution in [-0.4, -0.2) is 50.6 Å². The zero-order valence-corrected chi connectivity index (χ0v) is 10.2. The second kappa shape index (κ2) is 3.33. The molecule has 0 aliphatic heterocycles. The van der Waals surface area contributed by atoms with E-state index >= 15 is 0 Å². The number of hydrogen-bond donors (Lipinski definition) is 0. The van der Waals surface area contributed by atoms with Gasteiger partial charge in [-0.15, -0.1) is 0 Å². The molecule has 6 radical (unpaired) electrons. The van der Waals surface area contributed by atoms with Crippen molar-refractivity contribution < 1.29 is 0 Å². The molecule has 1 aromatic rings. The van der Waals surface area contributed by atoms with Crippen molar-refractivity contribution in [3.05, 3.63) is 18.2 Å². The van der Waals surface area contributed by atoms with Gasteiger partial charge in [0.2, 0.25) is 0 Å². The van der Waals surface area contributed by atoms with Gasteiger partial charge in [0.05, 0.1) is 0 Å². The van der Waals surface area contributed by atoms with Crippen LogP contribution < -0.4 is 13.1 Å². The summed E-state index contributed by atoms with van der Waals surface area (Å²) in [6, 6.07) is 6.32. The van der Waals surface area contributed by atoms with E-state index in [1.165, 1.54) is 13.1 Å². The minimum atomic E-state index is 1.26. The van der Waals surface area contributed by atoms with Crippen molar-refractivity contribution in [3.8, 4) is 0 Å². The summed E-state index contributed by atoms with van der Waals surface area (Å²) in [6.07, 6.45) is 0. The first-order valence-corrected chi connectivity index (χ1v) is 5.22. The van der Waals surface area contributed by atoms with Crippen LogP contribution in [0.5, 0.6) is 0 Å². The molecule has 0 N–H and O–H groups in total. The molecule has 0 fully saturated rings. The van der Waals surface area contributed by atoms with Crippen molar-refractivity contribution in [2.75, 3.05) is 0 Å². The topological polar surface area (TPSA) is 0 Å². The van der Waals surface area contributed by atoms with E-state index in [2.05, 4.69) is 68.8 Å². The Morgan fingerprint density at radius 3 is 2.00 bits per heavy atom. The Morgan fingerprint density at radius 1 is 0.889 bits per heavy atom. The molecular weight excluding hydrogens is 297 g/mol. The van der Waals surface area contributed by atoms with Crippen molar-refractivity contribution in [1.82, 2.24) is 0 Å². The Kier molecular flexibility index (Phi) is 2.96. The van der Waals surface area contributed by atoms with Crippen molar-refractivity contribution >= 4 is 63.6 Å². The van der Waals surface area contributed by atoms with Crippen LogP contribution in [0.1, 0.15) is 0 Å². The van der Waals surface area contributed by atoms with Gasteiger partial charge in [0, 0.05) is 0 Å². The van der Waals surface area contributed by atoms with Gasteiger partial charge >= 0.3 is 81.8 Å². The van der Waals surface area contributed by atoms with E-state index in [9.17, 15) is 0 Å². The fourth-order valence-corrected chi connectivity index (χ4v) is 2.16. The molecule has 0 saturated heterocycles. The van der Waals surface area contributed by atoms with Crippen LogP contribution >= 0.6 is 0 Å². The predicted molar refractivity (Wildman–Crippen MR) is 42.6 cm³/mol. The molecule has 0 nitrogen and oxygen atoms in total. The Morgan fingerprint density at radius 2 is 1.56 bits per heavy atom. The standard InChI is InChI=1S/C6H3As3/c7-4-1-2-5(8)6(9)3-4/h1-3H. The molecule has 0 aromatic heterocycles. The van der Waals surface area contributed by atoms with Gasteiger partial charge in [-0.1, -0.05) is 0 Å². The Bertz CT molecular complexity index is 220. The van der Waals surface area contributed by atoms with E-state index in [0.717, 1.165) is 0 Å². The second-order valence-corrected chi connectivity index (χ2v) is 4.78. The zero-order chi connectivity index (χ0) is 6.85. The van der Waals surface area contributed by atoms with Crippen molar-refractivity contribution in [3.63, 3.8) is 0 Å². The van der Waals surface area contributed by atoms with Crippen LogP contribution in [-0.2, 0) is 0 Å². The molecule has 0 aliphatic rings. The molecule has 0 spiro atoms. The first-order valence-electron chi connectivity index (χ1n) is 2.41. The van der Waals surface area contributed by atoms with Gasteiger partial charge in [-0.05, 0) is 0 Å². The average Bonchev–Trinajstić information content (AvgIpc) is 1.80. The maximum atomic E-state index is 2.55. The van der Waals surface area contributed by atoms with Gasteiger partial charge in [0.1, 0.15) is 0 Å². The summed E-state index contributed by atoms with van der Waals surface area (Å²) in [4.78, 5) is 0. The predicted octanol–water partition coefficient (Wildman–Crippen LogP) is -1.93. The molecule has 0 atom stereocenters. The Hall–Kier alpha value is 0.895. The second-order valence-electron chi connectivity index (χ2n) is 1.67. The van der Waals surface area contributed by atoms with Crippen LogP contribution in [0, 0.1) is 0 Å². The summed E-state index contributed by atoms with van der Waals surface area (Å²) in [5.41, 5.74) is 0. The summed E-state index contributed by atoms with van der Waals surface area (Å²) in [5.74, 6) is 0. The fraction of sp³-hybridized carbons (Fsp3) is 0. The molecule has 0 unspecified atom stereocenters. The number of hydrogen-bond acceptors (Lipinski definition) is 0. The molecule has 0 aliphatic carbocycles. The SMILES string of the molecule is [As]c1ccc([As])c([As])c1. The summed E-state index contributed by atoms with van der Waals surface area (Å²) >= 11 is 7.62. The van der Waals surface area contributed by atoms with Crippen LogP contribution in [0.3, 0.4) is 0 Å². The van der Waals surface area contributed by atoms with E-state index < -0.39 is 0 Å². The van der Waals surface area contributed by atoms with Gasteiger partial charge in [-0.25, -0.2) is 0 Å². The molecular formula is C6H3As3. The summed E-state index contributed by atoms with van der Waals surface area (Å²) < 4.78 is 3.81. The zero-order valence-electron chi connectivity index (χ0n) is 4.57. The summed E-state index contributed by atoms with van der Waals surface area (Å²) in [5, 5.41) is 0. The molecule has 0 bridgehead atoms. The van der Waals surface area contributed by atoms with Crippen molar-refractivity contribution in [2.45, 2.75) is 0 Å². The van der Waals surface area contributed by atoms with Crippen molar-refractivity contribution in [1.29, 1.82) is 0 Å². The minimum absolute atomic E-state index is 1.26. The molecule has 1 aromatic carbocycles. The first-order chi connectivity index (χ1) is 4.20. The van der Waals surface area contributed by atoms with Crippen LogP contribution in [0.15, 0.2) is 18.2 Å². The normalized spacial score (nSPS) is 9.67. The summed E-state index contributed by atoms with van der Waals surface area (Å²) in [7, 11) is 0. The van der Waals surface area contributed by atoms with E-state index in [1.54, 1.807) is 0 Å². The molecule has 0 heterocycles. The van der Waals surface area contributed by atoms with Gasteiger partial charge < -0.3 is 0 Å². The molecule has 0 amide bonds. The van der Waals surface area contributed by atoms with Gasteiger partial charge in [0.25, 0.3) is 0 Å². The third-order valence-corrected chi connectivity index (χ3v) is 3.97. The molecule has 0 saturated carbocycles. The molecule has 42 valence electrons. The van der Waals surface area contributed by atoms with Gasteiger partial charge in [-0.3, -0.25) is 0 Å². The molecule has 9 heavy (non-hydrogen) atoms. The van der Waals surface area contributed by atoms with Crippen LogP contribution in [0.25, 0.3) is 0 Å². The molecule has 1 rings (SSSR count). The molecule has 3 heteroatoms. The monoisotopic (exact) mass is 300 g/mol. The Labute approximate surface area is 81.3 Å². The van der Waals surface area contributed by atoms with E-state index in [1.807, 2.05) is 0 Å². The van der Waals surface area contributed by atoms with Gasteiger partial charge in [-0.2, -0.15) is 0 Å². The Balaban J connectivity index is 3.17. The average molecular weight is 300 g/mol. The maximum absolute atomic E-state index is 2.55. The van der Waals surface area contributed by atoms with Crippen molar-refractivity contribution in [2.24, 2.45) is 0 Å². The third-order valence-electron chi connectivity index (χ3n) is 0.959.